The maximum absolute atomic E-state index is 14.2. The first-order valence-corrected chi connectivity index (χ1v) is 12.9. The number of rotatable bonds is 3. The molecule has 4 aliphatic heterocycles. The minimum absolute atomic E-state index is 0.0115. The molecule has 2 saturated heterocycles. The second-order valence-electron chi connectivity index (χ2n) is 10.1. The number of hydrogen-bond donors (Lipinski definition) is 2. The topological polar surface area (TPSA) is 69.5 Å². The molecular formula is C27H32N4O3. The van der Waals surface area contributed by atoms with Crippen LogP contribution in [0, 0.1) is 0 Å². The summed E-state index contributed by atoms with van der Waals surface area (Å²) in [5.74, 6) is 2.22. The summed E-state index contributed by atoms with van der Waals surface area (Å²) in [6, 6.07) is 8.34. The van der Waals surface area contributed by atoms with E-state index in [1.54, 1.807) is 0 Å². The highest BCUT2D eigenvalue weighted by molar-refractivity contribution is 5.82. The monoisotopic (exact) mass is 460 g/mol. The molecule has 4 aliphatic rings. The zero-order valence-electron chi connectivity index (χ0n) is 19.6. The summed E-state index contributed by atoms with van der Waals surface area (Å²) in [5.41, 5.74) is 6.80. The van der Waals surface area contributed by atoms with Crippen molar-refractivity contribution in [2.24, 2.45) is 0 Å². The third-order valence-corrected chi connectivity index (χ3v) is 8.17. The molecule has 7 rings (SSSR count). The molecule has 2 atom stereocenters. The van der Waals surface area contributed by atoms with Crippen molar-refractivity contribution >= 4 is 11.0 Å². The largest absolute Gasteiger partial charge is 0.491 e. The Hall–Kier alpha value is -2.77. The number of piperidine rings is 2. The number of hydrogen-bond acceptors (Lipinski definition) is 5. The SMILES string of the molecule is O=c1n(-c2c3c(c([C@@H]4CCCNC4)c4c2OCC4)CCO3)c2ccccc2n1C1CCCNC1. The van der Waals surface area contributed by atoms with Gasteiger partial charge in [0.25, 0.3) is 0 Å². The van der Waals surface area contributed by atoms with E-state index < -0.39 is 0 Å². The molecule has 34 heavy (non-hydrogen) atoms. The summed E-state index contributed by atoms with van der Waals surface area (Å²) < 4.78 is 16.5. The molecule has 1 aromatic heterocycles. The molecule has 0 amide bonds. The lowest BCUT2D eigenvalue weighted by Crippen LogP contribution is -2.36. The maximum Gasteiger partial charge on any atom is 0.334 e. The van der Waals surface area contributed by atoms with Gasteiger partial charge in [0.1, 0.15) is 5.69 Å². The van der Waals surface area contributed by atoms with Gasteiger partial charge in [0.15, 0.2) is 11.5 Å². The average Bonchev–Trinajstić information content (AvgIpc) is 3.62. The van der Waals surface area contributed by atoms with Gasteiger partial charge in [0.2, 0.25) is 0 Å². The van der Waals surface area contributed by atoms with Crippen molar-refractivity contribution in [3.8, 4) is 17.2 Å². The van der Waals surface area contributed by atoms with Crippen LogP contribution in [0.3, 0.4) is 0 Å². The Morgan fingerprint density at radius 1 is 0.853 bits per heavy atom. The minimum Gasteiger partial charge on any atom is -0.491 e. The molecular weight excluding hydrogens is 428 g/mol. The standard InChI is InChI=1S/C27H32N4O3/c32-27-30(18-6-4-12-29-16-18)21-7-1-2-8-22(21)31(27)24-25-19(9-13-33-25)23(17-5-3-11-28-15-17)20-10-14-34-26(20)24/h1-2,7-8,17-18,28-29H,3-6,9-16H2/t17-,18?/m1/s1. The molecule has 0 spiro atoms. The van der Waals surface area contributed by atoms with E-state index in [0.717, 1.165) is 80.1 Å². The van der Waals surface area contributed by atoms with Crippen LogP contribution in [-0.2, 0) is 12.8 Å². The Morgan fingerprint density at radius 2 is 1.53 bits per heavy atom. The lowest BCUT2D eigenvalue weighted by molar-refractivity contribution is 0.339. The minimum atomic E-state index is 0.0115. The van der Waals surface area contributed by atoms with Crippen LogP contribution in [0.15, 0.2) is 29.1 Å². The molecule has 0 radical (unpaired) electrons. The van der Waals surface area contributed by atoms with E-state index in [1.165, 1.54) is 29.5 Å². The lowest BCUT2D eigenvalue weighted by Gasteiger charge is -2.28. The van der Waals surface area contributed by atoms with Gasteiger partial charge in [-0.25, -0.2) is 4.79 Å². The van der Waals surface area contributed by atoms with E-state index in [4.69, 9.17) is 9.47 Å². The predicted octanol–water partition coefficient (Wildman–Crippen LogP) is 3.05. The van der Waals surface area contributed by atoms with Gasteiger partial charge < -0.3 is 20.1 Å². The van der Waals surface area contributed by atoms with Crippen molar-refractivity contribution in [1.82, 2.24) is 19.8 Å². The van der Waals surface area contributed by atoms with E-state index in [-0.39, 0.29) is 11.7 Å². The van der Waals surface area contributed by atoms with Gasteiger partial charge in [-0.1, -0.05) is 12.1 Å². The van der Waals surface area contributed by atoms with E-state index in [1.807, 2.05) is 21.3 Å². The van der Waals surface area contributed by atoms with E-state index in [0.29, 0.717) is 19.1 Å². The Balaban J connectivity index is 1.49. The van der Waals surface area contributed by atoms with E-state index in [9.17, 15) is 4.79 Å². The van der Waals surface area contributed by atoms with Crippen molar-refractivity contribution in [1.29, 1.82) is 0 Å². The lowest BCUT2D eigenvalue weighted by atomic mass is 9.83. The highest BCUT2D eigenvalue weighted by Gasteiger charge is 2.37. The van der Waals surface area contributed by atoms with Gasteiger partial charge >= 0.3 is 5.69 Å². The molecule has 2 N–H and O–H groups in total. The van der Waals surface area contributed by atoms with Crippen LogP contribution in [0.25, 0.3) is 16.7 Å². The van der Waals surface area contributed by atoms with Crippen LogP contribution in [-0.4, -0.2) is 48.5 Å². The van der Waals surface area contributed by atoms with Crippen LogP contribution in [0.4, 0.5) is 0 Å². The number of fused-ring (bicyclic) bond motifs is 3. The van der Waals surface area contributed by atoms with E-state index >= 15 is 0 Å². The van der Waals surface area contributed by atoms with Crippen LogP contribution < -0.4 is 25.8 Å². The number of aromatic nitrogens is 2. The smallest absolute Gasteiger partial charge is 0.334 e. The fourth-order valence-electron chi connectivity index (χ4n) is 6.72. The zero-order valence-corrected chi connectivity index (χ0v) is 19.6. The second-order valence-corrected chi connectivity index (χ2v) is 10.1. The number of imidazole rings is 1. The summed E-state index contributed by atoms with van der Waals surface area (Å²) in [4.78, 5) is 14.2. The van der Waals surface area contributed by atoms with Gasteiger partial charge in [-0.2, -0.15) is 0 Å². The molecule has 0 saturated carbocycles. The Morgan fingerprint density at radius 3 is 2.18 bits per heavy atom. The summed E-state index contributed by atoms with van der Waals surface area (Å²) in [6.07, 6.45) is 6.29. The maximum atomic E-state index is 14.2. The Kier molecular flexibility index (Phi) is 4.95. The molecule has 1 unspecified atom stereocenters. The summed E-state index contributed by atoms with van der Waals surface area (Å²) in [5, 5.41) is 7.07. The molecule has 2 aromatic carbocycles. The third kappa shape index (κ3) is 2.99. The molecule has 2 fully saturated rings. The second kappa shape index (κ2) is 8.17. The molecule has 7 heteroatoms. The number of ether oxygens (including phenoxy) is 2. The highest BCUT2D eigenvalue weighted by atomic mass is 16.5. The van der Waals surface area contributed by atoms with Gasteiger partial charge in [-0.05, 0) is 62.4 Å². The van der Waals surface area contributed by atoms with Crippen molar-refractivity contribution in [3.63, 3.8) is 0 Å². The molecule has 178 valence electrons. The van der Waals surface area contributed by atoms with Gasteiger partial charge in [0.05, 0.1) is 30.3 Å². The highest BCUT2D eigenvalue weighted by Crippen LogP contribution is 2.50. The molecule has 7 nitrogen and oxygen atoms in total. The fraction of sp³-hybridized carbons (Fsp3) is 0.519. The predicted molar refractivity (Wildman–Crippen MR) is 132 cm³/mol. The Labute approximate surface area is 199 Å². The van der Waals surface area contributed by atoms with Crippen molar-refractivity contribution in [2.75, 3.05) is 39.4 Å². The molecule has 0 bridgehead atoms. The number of benzene rings is 2. The first kappa shape index (κ1) is 20.6. The average molecular weight is 461 g/mol. The van der Waals surface area contributed by atoms with Crippen molar-refractivity contribution in [2.45, 2.75) is 50.5 Å². The van der Waals surface area contributed by atoms with Gasteiger partial charge in [0, 0.05) is 37.1 Å². The fourth-order valence-corrected chi connectivity index (χ4v) is 6.72. The summed E-state index contributed by atoms with van der Waals surface area (Å²) >= 11 is 0. The zero-order chi connectivity index (χ0) is 22.6. The third-order valence-electron chi connectivity index (χ3n) is 8.17. The van der Waals surface area contributed by atoms with Crippen LogP contribution >= 0.6 is 0 Å². The number of nitrogens with zero attached hydrogens (tertiary/aromatic N) is 2. The quantitative estimate of drug-likeness (QED) is 0.629. The molecule has 0 aliphatic carbocycles. The first-order valence-electron chi connectivity index (χ1n) is 12.9. The molecule has 5 heterocycles. The van der Waals surface area contributed by atoms with Crippen molar-refractivity contribution < 1.29 is 9.47 Å². The number of nitrogens with one attached hydrogen (secondary N) is 2. The Bertz CT molecular complexity index is 1280. The van der Waals surface area contributed by atoms with Crippen LogP contribution in [0.5, 0.6) is 11.5 Å². The van der Waals surface area contributed by atoms with Crippen LogP contribution in [0.1, 0.15) is 54.3 Å². The van der Waals surface area contributed by atoms with Gasteiger partial charge in [-0.15, -0.1) is 0 Å². The van der Waals surface area contributed by atoms with E-state index in [2.05, 4.69) is 22.8 Å². The van der Waals surface area contributed by atoms with Gasteiger partial charge in [-0.3, -0.25) is 9.13 Å². The van der Waals surface area contributed by atoms with Crippen LogP contribution in [0.2, 0.25) is 0 Å². The number of para-hydroxylation sites is 2. The summed E-state index contributed by atoms with van der Waals surface area (Å²) in [7, 11) is 0. The molecule has 3 aromatic rings. The first-order chi connectivity index (χ1) is 16.8. The summed E-state index contributed by atoms with van der Waals surface area (Å²) in [6.45, 7) is 5.27. The normalized spacial score (nSPS) is 24.0. The van der Waals surface area contributed by atoms with Crippen molar-refractivity contribution in [3.05, 3.63) is 51.4 Å².